The van der Waals surface area contributed by atoms with Crippen molar-refractivity contribution in [3.63, 3.8) is 0 Å². The molecule has 3 rings (SSSR count). The van der Waals surface area contributed by atoms with E-state index in [9.17, 15) is 14.4 Å². The summed E-state index contributed by atoms with van der Waals surface area (Å²) in [5.41, 5.74) is 2.74. The van der Waals surface area contributed by atoms with Gasteiger partial charge >= 0.3 is 5.97 Å². The van der Waals surface area contributed by atoms with E-state index in [1.165, 1.54) is 14.0 Å². The number of benzene rings is 2. The first kappa shape index (κ1) is 21.1. The number of esters is 1. The molecule has 0 aliphatic rings. The Bertz CT molecular complexity index is 1030. The molecule has 3 aromatic rings. The lowest BCUT2D eigenvalue weighted by atomic mass is 10.0. The molecular formula is C23H25N3O4. The molecule has 0 saturated carbocycles. The Kier molecular flexibility index (Phi) is 6.85. The number of carbonyl (C=O) groups excluding carboxylic acids is 3. The summed E-state index contributed by atoms with van der Waals surface area (Å²) in [6.45, 7) is 1.36. The number of hydrogen-bond donors (Lipinski definition) is 3. The van der Waals surface area contributed by atoms with Gasteiger partial charge in [-0.15, -0.1) is 0 Å². The third kappa shape index (κ3) is 5.26. The number of amides is 2. The first-order chi connectivity index (χ1) is 14.5. The molecule has 2 atom stereocenters. The molecule has 30 heavy (non-hydrogen) atoms. The van der Waals surface area contributed by atoms with Crippen molar-refractivity contribution in [3.05, 3.63) is 71.9 Å². The van der Waals surface area contributed by atoms with Crippen molar-refractivity contribution in [2.75, 3.05) is 7.11 Å². The molecule has 2 unspecified atom stereocenters. The number of aromatic nitrogens is 1. The van der Waals surface area contributed by atoms with Gasteiger partial charge in [0.25, 0.3) is 0 Å². The fourth-order valence-electron chi connectivity index (χ4n) is 3.43. The standard InChI is InChI=1S/C23H25N3O4/c1-15(27)25-20(12-16-8-4-3-5-9-16)22(28)26-21(23(29)30-2)13-17-14-24-19-11-7-6-10-18(17)19/h3-11,14,20-21,24H,12-13H2,1-2H3,(H,25,27)(H,26,28). The highest BCUT2D eigenvalue weighted by atomic mass is 16.5. The molecule has 7 heteroatoms. The highest BCUT2D eigenvalue weighted by molar-refractivity contribution is 5.91. The summed E-state index contributed by atoms with van der Waals surface area (Å²) in [5.74, 6) is -1.31. The Morgan fingerprint density at radius 1 is 0.933 bits per heavy atom. The van der Waals surface area contributed by atoms with Crippen LogP contribution in [-0.2, 0) is 32.0 Å². The summed E-state index contributed by atoms with van der Waals surface area (Å²) >= 11 is 0. The summed E-state index contributed by atoms with van der Waals surface area (Å²) in [6.07, 6.45) is 2.40. The van der Waals surface area contributed by atoms with Crippen LogP contribution < -0.4 is 10.6 Å². The maximum absolute atomic E-state index is 13.0. The minimum atomic E-state index is -0.881. The van der Waals surface area contributed by atoms with Gasteiger partial charge in [0.1, 0.15) is 12.1 Å². The summed E-state index contributed by atoms with van der Waals surface area (Å²) in [7, 11) is 1.28. The summed E-state index contributed by atoms with van der Waals surface area (Å²) in [4.78, 5) is 40.1. The zero-order valence-electron chi connectivity index (χ0n) is 17.0. The second-order valence-corrected chi connectivity index (χ2v) is 7.09. The lowest BCUT2D eigenvalue weighted by Gasteiger charge is -2.22. The number of methoxy groups -OCH3 is 1. The predicted molar refractivity (Wildman–Crippen MR) is 114 cm³/mol. The van der Waals surface area contributed by atoms with Gasteiger partial charge in [-0.2, -0.15) is 0 Å². The topological polar surface area (TPSA) is 100 Å². The lowest BCUT2D eigenvalue weighted by molar-refractivity contribution is -0.145. The van der Waals surface area contributed by atoms with Crippen molar-refractivity contribution >= 4 is 28.7 Å². The lowest BCUT2D eigenvalue weighted by Crippen LogP contribution is -2.53. The first-order valence-electron chi connectivity index (χ1n) is 9.72. The van der Waals surface area contributed by atoms with Gasteiger partial charge in [0, 0.05) is 36.9 Å². The van der Waals surface area contributed by atoms with Gasteiger partial charge < -0.3 is 20.4 Å². The van der Waals surface area contributed by atoms with E-state index in [4.69, 9.17) is 4.74 Å². The summed E-state index contributed by atoms with van der Waals surface area (Å²) in [6, 6.07) is 15.4. The van der Waals surface area contributed by atoms with Crippen LogP contribution in [0, 0.1) is 0 Å². The third-order valence-electron chi connectivity index (χ3n) is 4.88. The van der Waals surface area contributed by atoms with E-state index < -0.39 is 24.0 Å². The van der Waals surface area contributed by atoms with Crippen LogP contribution in [0.3, 0.4) is 0 Å². The van der Waals surface area contributed by atoms with Crippen LogP contribution in [0.4, 0.5) is 0 Å². The van der Waals surface area contributed by atoms with Crippen molar-refractivity contribution in [2.45, 2.75) is 31.8 Å². The van der Waals surface area contributed by atoms with Crippen LogP contribution in [0.15, 0.2) is 60.8 Å². The second kappa shape index (κ2) is 9.73. The monoisotopic (exact) mass is 407 g/mol. The van der Waals surface area contributed by atoms with Crippen LogP contribution in [0.2, 0.25) is 0 Å². The van der Waals surface area contributed by atoms with Crippen LogP contribution in [-0.4, -0.2) is 42.0 Å². The molecule has 1 aromatic heterocycles. The van der Waals surface area contributed by atoms with E-state index in [1.807, 2.05) is 60.8 Å². The molecule has 0 aliphatic carbocycles. The van der Waals surface area contributed by atoms with E-state index in [-0.39, 0.29) is 12.3 Å². The number of rotatable bonds is 8. The molecule has 3 N–H and O–H groups in total. The Morgan fingerprint density at radius 3 is 2.33 bits per heavy atom. The Morgan fingerprint density at radius 2 is 1.63 bits per heavy atom. The molecule has 0 fully saturated rings. The zero-order valence-corrected chi connectivity index (χ0v) is 17.0. The first-order valence-corrected chi connectivity index (χ1v) is 9.72. The third-order valence-corrected chi connectivity index (χ3v) is 4.88. The SMILES string of the molecule is COC(=O)C(Cc1c[nH]c2ccccc12)NC(=O)C(Cc1ccccc1)NC(C)=O. The molecule has 2 amide bonds. The average molecular weight is 407 g/mol. The minimum absolute atomic E-state index is 0.264. The number of carbonyl (C=O) groups is 3. The number of fused-ring (bicyclic) bond motifs is 1. The fraction of sp³-hybridized carbons (Fsp3) is 0.261. The quantitative estimate of drug-likeness (QED) is 0.498. The van der Waals surface area contributed by atoms with E-state index in [1.54, 1.807) is 0 Å². The summed E-state index contributed by atoms with van der Waals surface area (Å²) < 4.78 is 4.90. The van der Waals surface area contributed by atoms with E-state index in [0.717, 1.165) is 22.0 Å². The molecule has 0 spiro atoms. The molecule has 0 radical (unpaired) electrons. The maximum Gasteiger partial charge on any atom is 0.328 e. The number of para-hydroxylation sites is 1. The number of nitrogens with one attached hydrogen (secondary N) is 3. The number of H-pyrrole nitrogens is 1. The van der Waals surface area contributed by atoms with E-state index in [0.29, 0.717) is 6.42 Å². The highest BCUT2D eigenvalue weighted by Crippen LogP contribution is 2.19. The predicted octanol–water partition coefficient (Wildman–Crippen LogP) is 2.12. The van der Waals surface area contributed by atoms with Crippen molar-refractivity contribution < 1.29 is 19.1 Å². The maximum atomic E-state index is 13.0. The van der Waals surface area contributed by atoms with Crippen molar-refractivity contribution in [1.29, 1.82) is 0 Å². The van der Waals surface area contributed by atoms with Crippen molar-refractivity contribution in [3.8, 4) is 0 Å². The minimum Gasteiger partial charge on any atom is -0.467 e. The van der Waals surface area contributed by atoms with E-state index >= 15 is 0 Å². The molecule has 7 nitrogen and oxygen atoms in total. The van der Waals surface area contributed by atoms with Gasteiger partial charge in [-0.05, 0) is 17.2 Å². The molecule has 0 saturated heterocycles. The molecule has 156 valence electrons. The molecule has 0 bridgehead atoms. The highest BCUT2D eigenvalue weighted by Gasteiger charge is 2.28. The Balaban J connectivity index is 1.78. The number of aromatic amines is 1. The number of hydrogen-bond acceptors (Lipinski definition) is 4. The van der Waals surface area contributed by atoms with Gasteiger partial charge in [0.15, 0.2) is 0 Å². The average Bonchev–Trinajstić information content (AvgIpc) is 3.15. The van der Waals surface area contributed by atoms with Crippen molar-refractivity contribution in [1.82, 2.24) is 15.6 Å². The summed E-state index contributed by atoms with van der Waals surface area (Å²) in [5, 5.41) is 6.40. The smallest absolute Gasteiger partial charge is 0.328 e. The van der Waals surface area contributed by atoms with Gasteiger partial charge in [-0.3, -0.25) is 9.59 Å². The van der Waals surface area contributed by atoms with E-state index in [2.05, 4.69) is 15.6 Å². The largest absolute Gasteiger partial charge is 0.467 e. The molecule has 2 aromatic carbocycles. The molecular weight excluding hydrogens is 382 g/mol. The molecule has 0 aliphatic heterocycles. The van der Waals surface area contributed by atoms with Crippen LogP contribution >= 0.6 is 0 Å². The fourth-order valence-corrected chi connectivity index (χ4v) is 3.43. The van der Waals surface area contributed by atoms with Crippen LogP contribution in [0.25, 0.3) is 10.9 Å². The normalized spacial score (nSPS) is 12.7. The van der Waals surface area contributed by atoms with Gasteiger partial charge in [-0.25, -0.2) is 4.79 Å². The van der Waals surface area contributed by atoms with Gasteiger partial charge in [-0.1, -0.05) is 48.5 Å². The zero-order chi connectivity index (χ0) is 21.5. The molecule has 1 heterocycles. The van der Waals surface area contributed by atoms with Crippen molar-refractivity contribution in [2.24, 2.45) is 0 Å². The van der Waals surface area contributed by atoms with Crippen LogP contribution in [0.1, 0.15) is 18.1 Å². The Labute approximate surface area is 174 Å². The van der Waals surface area contributed by atoms with Crippen LogP contribution in [0.5, 0.6) is 0 Å². The van der Waals surface area contributed by atoms with Gasteiger partial charge in [0.05, 0.1) is 7.11 Å². The van der Waals surface area contributed by atoms with Gasteiger partial charge in [0.2, 0.25) is 11.8 Å². The number of ether oxygens (including phenoxy) is 1. The second-order valence-electron chi connectivity index (χ2n) is 7.09. The Hall–Kier alpha value is -3.61.